The Hall–Kier alpha value is -2.82. The summed E-state index contributed by atoms with van der Waals surface area (Å²) >= 11 is 0. The van der Waals surface area contributed by atoms with Crippen LogP contribution in [0.25, 0.3) is 0 Å². The van der Waals surface area contributed by atoms with Gasteiger partial charge in [-0.2, -0.15) is 0 Å². The maximum Gasteiger partial charge on any atom is 0.305 e. The minimum Gasteiger partial charge on any atom is -0.507 e. The van der Waals surface area contributed by atoms with Crippen molar-refractivity contribution in [3.8, 4) is 17.2 Å². The van der Waals surface area contributed by atoms with Crippen LogP contribution < -0.4 is 4.74 Å². The number of benzene rings is 2. The number of phenols is 1. The largest absolute Gasteiger partial charge is 0.507 e. The number of methoxy groups -OCH3 is 1. The first-order valence-corrected chi connectivity index (χ1v) is 6.76. The van der Waals surface area contributed by atoms with Gasteiger partial charge < -0.3 is 14.6 Å². The van der Waals surface area contributed by atoms with Gasteiger partial charge in [0.15, 0.2) is 5.78 Å². The van der Waals surface area contributed by atoms with Gasteiger partial charge in [0.25, 0.3) is 0 Å². The molecule has 0 spiro atoms. The van der Waals surface area contributed by atoms with Crippen molar-refractivity contribution in [1.82, 2.24) is 0 Å². The van der Waals surface area contributed by atoms with Crippen LogP contribution >= 0.6 is 0 Å². The maximum absolute atomic E-state index is 12.1. The van der Waals surface area contributed by atoms with Crippen molar-refractivity contribution in [3.05, 3.63) is 54.1 Å². The Morgan fingerprint density at radius 1 is 1.00 bits per heavy atom. The van der Waals surface area contributed by atoms with E-state index in [-0.39, 0.29) is 29.9 Å². The monoisotopic (exact) mass is 300 g/mol. The lowest BCUT2D eigenvalue weighted by molar-refractivity contribution is -0.140. The fraction of sp³-hybridized carbons (Fsp3) is 0.176. The highest BCUT2D eigenvalue weighted by Gasteiger charge is 2.14. The molecule has 22 heavy (non-hydrogen) atoms. The third-order valence-electron chi connectivity index (χ3n) is 3.03. The van der Waals surface area contributed by atoms with E-state index in [9.17, 15) is 14.7 Å². The van der Waals surface area contributed by atoms with Gasteiger partial charge in [-0.1, -0.05) is 18.2 Å². The molecule has 0 aliphatic heterocycles. The van der Waals surface area contributed by atoms with Crippen LogP contribution in [0.1, 0.15) is 23.2 Å². The molecule has 0 atom stereocenters. The number of carbonyl (C=O) groups excluding carboxylic acids is 2. The molecule has 0 aliphatic rings. The van der Waals surface area contributed by atoms with Gasteiger partial charge in [0, 0.05) is 6.42 Å². The standard InChI is InChI=1S/C17H16O5/c1-21-17(20)10-9-16(19)14-11-13(7-8-15(14)18)22-12-5-3-2-4-6-12/h2-8,11,18H,9-10H2,1H3. The summed E-state index contributed by atoms with van der Waals surface area (Å²) < 4.78 is 10.1. The van der Waals surface area contributed by atoms with Gasteiger partial charge in [-0.05, 0) is 30.3 Å². The summed E-state index contributed by atoms with van der Waals surface area (Å²) in [6.07, 6.45) is -0.0619. The predicted molar refractivity (Wildman–Crippen MR) is 80.2 cm³/mol. The number of hydrogen-bond acceptors (Lipinski definition) is 5. The van der Waals surface area contributed by atoms with Crippen molar-refractivity contribution in [3.63, 3.8) is 0 Å². The minimum absolute atomic E-state index is 0.0292. The molecule has 0 aliphatic carbocycles. The maximum atomic E-state index is 12.1. The summed E-state index contributed by atoms with van der Waals surface area (Å²) in [7, 11) is 1.26. The van der Waals surface area contributed by atoms with Crippen LogP contribution in [0.5, 0.6) is 17.2 Å². The number of para-hydroxylation sites is 1. The number of esters is 1. The van der Waals surface area contributed by atoms with E-state index in [1.54, 1.807) is 18.2 Å². The van der Waals surface area contributed by atoms with Gasteiger partial charge in [0.2, 0.25) is 0 Å². The Labute approximate surface area is 128 Å². The van der Waals surface area contributed by atoms with E-state index in [4.69, 9.17) is 4.74 Å². The average molecular weight is 300 g/mol. The number of aromatic hydroxyl groups is 1. The number of ketones is 1. The van der Waals surface area contributed by atoms with Crippen LogP contribution in [-0.2, 0) is 9.53 Å². The number of carbonyl (C=O) groups is 2. The molecule has 2 aromatic rings. The van der Waals surface area contributed by atoms with E-state index in [0.717, 1.165) is 0 Å². The highest BCUT2D eigenvalue weighted by molar-refractivity contribution is 6.00. The molecule has 1 N–H and O–H groups in total. The Morgan fingerprint density at radius 3 is 2.41 bits per heavy atom. The van der Waals surface area contributed by atoms with E-state index >= 15 is 0 Å². The highest BCUT2D eigenvalue weighted by atomic mass is 16.5. The third-order valence-corrected chi connectivity index (χ3v) is 3.03. The molecule has 0 radical (unpaired) electrons. The van der Waals surface area contributed by atoms with Gasteiger partial charge in [-0.15, -0.1) is 0 Å². The van der Waals surface area contributed by atoms with E-state index in [2.05, 4.69) is 4.74 Å². The highest BCUT2D eigenvalue weighted by Crippen LogP contribution is 2.28. The lowest BCUT2D eigenvalue weighted by Crippen LogP contribution is -2.06. The second-order valence-corrected chi connectivity index (χ2v) is 4.59. The Morgan fingerprint density at radius 2 is 1.73 bits per heavy atom. The molecule has 0 aromatic heterocycles. The van der Waals surface area contributed by atoms with Gasteiger partial charge >= 0.3 is 5.97 Å². The van der Waals surface area contributed by atoms with Gasteiger partial charge in [0.1, 0.15) is 17.2 Å². The molecule has 2 aromatic carbocycles. The lowest BCUT2D eigenvalue weighted by atomic mass is 10.1. The molecule has 5 nitrogen and oxygen atoms in total. The first-order chi connectivity index (χ1) is 10.6. The Bertz CT molecular complexity index is 664. The second kappa shape index (κ2) is 7.26. The smallest absolute Gasteiger partial charge is 0.305 e. The summed E-state index contributed by atoms with van der Waals surface area (Å²) in [5, 5.41) is 9.80. The fourth-order valence-electron chi connectivity index (χ4n) is 1.88. The molecular weight excluding hydrogens is 284 g/mol. The summed E-state index contributed by atoms with van der Waals surface area (Å²) in [6, 6.07) is 13.5. The topological polar surface area (TPSA) is 72.8 Å². The van der Waals surface area contributed by atoms with Crippen molar-refractivity contribution >= 4 is 11.8 Å². The van der Waals surface area contributed by atoms with Crippen molar-refractivity contribution < 1.29 is 24.2 Å². The summed E-state index contributed by atoms with van der Waals surface area (Å²) in [6.45, 7) is 0. The zero-order valence-corrected chi connectivity index (χ0v) is 12.1. The third kappa shape index (κ3) is 4.09. The molecule has 0 fully saturated rings. The van der Waals surface area contributed by atoms with Gasteiger partial charge in [0.05, 0.1) is 19.1 Å². The molecule has 2 rings (SSSR count). The first kappa shape index (κ1) is 15.6. The van der Waals surface area contributed by atoms with Crippen LogP contribution in [0.2, 0.25) is 0 Å². The quantitative estimate of drug-likeness (QED) is 0.654. The zero-order chi connectivity index (χ0) is 15.9. The van der Waals surface area contributed by atoms with E-state index in [1.807, 2.05) is 18.2 Å². The van der Waals surface area contributed by atoms with Crippen molar-refractivity contribution in [2.45, 2.75) is 12.8 Å². The van der Waals surface area contributed by atoms with Crippen LogP contribution in [-0.4, -0.2) is 24.0 Å². The second-order valence-electron chi connectivity index (χ2n) is 4.59. The van der Waals surface area contributed by atoms with Crippen molar-refractivity contribution in [2.75, 3.05) is 7.11 Å². The molecule has 114 valence electrons. The normalized spacial score (nSPS) is 10.0. The molecule has 0 saturated carbocycles. The van der Waals surface area contributed by atoms with E-state index in [1.165, 1.54) is 19.2 Å². The van der Waals surface area contributed by atoms with Crippen LogP contribution in [0.15, 0.2) is 48.5 Å². The SMILES string of the molecule is COC(=O)CCC(=O)c1cc(Oc2ccccc2)ccc1O. The Balaban J connectivity index is 2.12. The predicted octanol–water partition coefficient (Wildman–Crippen LogP) is 3.32. The van der Waals surface area contributed by atoms with Crippen LogP contribution in [0.4, 0.5) is 0 Å². The van der Waals surface area contributed by atoms with Crippen molar-refractivity contribution in [1.29, 1.82) is 0 Å². The molecule has 0 unspecified atom stereocenters. The lowest BCUT2D eigenvalue weighted by Gasteiger charge is -2.09. The summed E-state index contributed by atoms with van der Waals surface area (Å²) in [4.78, 5) is 23.1. The molecule has 0 amide bonds. The van der Waals surface area contributed by atoms with Gasteiger partial charge in [-0.3, -0.25) is 9.59 Å². The number of hydrogen-bond donors (Lipinski definition) is 1. The van der Waals surface area contributed by atoms with E-state index in [0.29, 0.717) is 11.5 Å². The van der Waals surface area contributed by atoms with E-state index < -0.39 is 5.97 Å². The summed E-state index contributed by atoms with van der Waals surface area (Å²) in [5.74, 6) is 0.104. The molecule has 5 heteroatoms. The molecule has 0 saturated heterocycles. The first-order valence-electron chi connectivity index (χ1n) is 6.76. The average Bonchev–Trinajstić information content (AvgIpc) is 2.55. The number of ether oxygens (including phenoxy) is 2. The van der Waals surface area contributed by atoms with Crippen molar-refractivity contribution in [2.24, 2.45) is 0 Å². The van der Waals surface area contributed by atoms with Gasteiger partial charge in [-0.25, -0.2) is 0 Å². The minimum atomic E-state index is -0.468. The number of Topliss-reactive ketones (excluding diaryl/α,β-unsaturated/α-hetero) is 1. The molecular formula is C17H16O5. The van der Waals surface area contributed by atoms with Crippen LogP contribution in [0.3, 0.4) is 0 Å². The zero-order valence-electron chi connectivity index (χ0n) is 12.1. The fourth-order valence-corrected chi connectivity index (χ4v) is 1.88. The number of rotatable bonds is 6. The summed E-state index contributed by atoms with van der Waals surface area (Å²) in [5.41, 5.74) is 0.123. The van der Waals surface area contributed by atoms with Crippen LogP contribution in [0, 0.1) is 0 Å². The molecule has 0 bridgehead atoms. The number of phenolic OH excluding ortho intramolecular Hbond substituents is 1. The Kier molecular flexibility index (Phi) is 5.14. The molecule has 0 heterocycles.